The highest BCUT2D eigenvalue weighted by Crippen LogP contribution is 2.31. The third-order valence-corrected chi connectivity index (χ3v) is 5.04. The van der Waals surface area contributed by atoms with Gasteiger partial charge in [0.15, 0.2) is 5.58 Å². The van der Waals surface area contributed by atoms with Gasteiger partial charge in [0.1, 0.15) is 5.52 Å². The first-order chi connectivity index (χ1) is 13.6. The topological polar surface area (TPSA) is 72.6 Å². The van der Waals surface area contributed by atoms with Crippen molar-refractivity contribution in [1.82, 2.24) is 4.98 Å². The molecule has 0 N–H and O–H groups in total. The van der Waals surface area contributed by atoms with E-state index in [2.05, 4.69) is 24.0 Å². The van der Waals surface area contributed by atoms with E-state index in [1.807, 2.05) is 30.3 Å². The Labute approximate surface area is 163 Å². The standard InChI is InChI=1S/C22H22N2O4/c1-3-14-5-7-15(8-6-14)21-23-18-12-17(9-10-19(18)28-21)24-13-16(11-20(24)25)22(26)27-4-2/h5-10,12,16H,3-4,11,13H2,1-2H3/t16-/m0/s1. The van der Waals surface area contributed by atoms with Crippen LogP contribution in [-0.4, -0.2) is 30.0 Å². The number of ether oxygens (including phenoxy) is 1. The van der Waals surface area contributed by atoms with Gasteiger partial charge in [0.25, 0.3) is 0 Å². The predicted molar refractivity (Wildman–Crippen MR) is 106 cm³/mol. The molecule has 28 heavy (non-hydrogen) atoms. The van der Waals surface area contributed by atoms with Crippen LogP contribution in [0.25, 0.3) is 22.6 Å². The number of oxazole rings is 1. The molecule has 1 aliphatic rings. The maximum Gasteiger partial charge on any atom is 0.311 e. The minimum absolute atomic E-state index is 0.0868. The van der Waals surface area contributed by atoms with E-state index >= 15 is 0 Å². The fourth-order valence-corrected chi connectivity index (χ4v) is 3.47. The van der Waals surface area contributed by atoms with E-state index in [9.17, 15) is 9.59 Å². The molecule has 6 nitrogen and oxygen atoms in total. The number of benzene rings is 2. The number of nitrogens with zero attached hydrogens (tertiary/aromatic N) is 2. The van der Waals surface area contributed by atoms with Crippen LogP contribution in [0.2, 0.25) is 0 Å². The molecule has 3 aromatic rings. The second kappa shape index (κ2) is 7.46. The van der Waals surface area contributed by atoms with Crippen molar-refractivity contribution >= 4 is 28.7 Å². The summed E-state index contributed by atoms with van der Waals surface area (Å²) in [7, 11) is 0. The highest BCUT2D eigenvalue weighted by atomic mass is 16.5. The van der Waals surface area contributed by atoms with Crippen LogP contribution in [0.15, 0.2) is 46.9 Å². The van der Waals surface area contributed by atoms with Gasteiger partial charge in [-0.1, -0.05) is 19.1 Å². The van der Waals surface area contributed by atoms with Crippen LogP contribution in [0.1, 0.15) is 25.8 Å². The summed E-state index contributed by atoms with van der Waals surface area (Å²) in [5, 5.41) is 0. The molecule has 1 atom stereocenters. The van der Waals surface area contributed by atoms with Crippen LogP contribution in [0, 0.1) is 5.92 Å². The largest absolute Gasteiger partial charge is 0.466 e. The molecule has 1 aromatic heterocycles. The lowest BCUT2D eigenvalue weighted by atomic mass is 10.1. The average molecular weight is 378 g/mol. The van der Waals surface area contributed by atoms with Crippen molar-refractivity contribution in [3.8, 4) is 11.5 Å². The Morgan fingerprint density at radius 3 is 2.71 bits per heavy atom. The van der Waals surface area contributed by atoms with Gasteiger partial charge in [-0.15, -0.1) is 0 Å². The number of anilines is 1. The summed E-state index contributed by atoms with van der Waals surface area (Å²) in [4.78, 5) is 30.5. The first-order valence-corrected chi connectivity index (χ1v) is 9.56. The molecule has 0 radical (unpaired) electrons. The van der Waals surface area contributed by atoms with Gasteiger partial charge in [0, 0.05) is 24.2 Å². The lowest BCUT2D eigenvalue weighted by Gasteiger charge is -2.16. The van der Waals surface area contributed by atoms with Crippen LogP contribution < -0.4 is 4.90 Å². The molecule has 4 rings (SSSR count). The summed E-state index contributed by atoms with van der Waals surface area (Å²) in [6.07, 6.45) is 1.15. The summed E-state index contributed by atoms with van der Waals surface area (Å²) in [5.41, 5.74) is 4.22. The number of hydrogen-bond acceptors (Lipinski definition) is 5. The molecule has 0 bridgehead atoms. The van der Waals surface area contributed by atoms with E-state index in [-0.39, 0.29) is 18.3 Å². The van der Waals surface area contributed by atoms with Crippen molar-refractivity contribution in [2.24, 2.45) is 5.92 Å². The Morgan fingerprint density at radius 2 is 2.00 bits per heavy atom. The Morgan fingerprint density at radius 1 is 1.21 bits per heavy atom. The molecule has 1 aliphatic heterocycles. The Hall–Kier alpha value is -3.15. The number of rotatable bonds is 5. The van der Waals surface area contributed by atoms with E-state index in [1.54, 1.807) is 11.8 Å². The lowest BCUT2D eigenvalue weighted by Crippen LogP contribution is -2.26. The first-order valence-electron chi connectivity index (χ1n) is 9.56. The number of hydrogen-bond donors (Lipinski definition) is 0. The summed E-state index contributed by atoms with van der Waals surface area (Å²) >= 11 is 0. The summed E-state index contributed by atoms with van der Waals surface area (Å²) in [6, 6.07) is 13.6. The summed E-state index contributed by atoms with van der Waals surface area (Å²) in [6.45, 7) is 4.52. The molecular formula is C22H22N2O4. The zero-order chi connectivity index (χ0) is 19.7. The quantitative estimate of drug-likeness (QED) is 0.628. The molecule has 0 saturated carbocycles. The molecule has 2 aromatic carbocycles. The maximum atomic E-state index is 12.4. The van der Waals surface area contributed by atoms with E-state index in [0.717, 1.165) is 12.0 Å². The molecule has 2 heterocycles. The van der Waals surface area contributed by atoms with E-state index < -0.39 is 5.92 Å². The monoisotopic (exact) mass is 378 g/mol. The normalized spacial score (nSPS) is 16.7. The van der Waals surface area contributed by atoms with Crippen LogP contribution >= 0.6 is 0 Å². The highest BCUT2D eigenvalue weighted by molar-refractivity contribution is 6.00. The van der Waals surface area contributed by atoms with E-state index in [4.69, 9.17) is 9.15 Å². The molecule has 0 spiro atoms. The fraction of sp³-hybridized carbons (Fsp3) is 0.318. The molecule has 0 aliphatic carbocycles. The summed E-state index contributed by atoms with van der Waals surface area (Å²) in [5.74, 6) is -0.282. The van der Waals surface area contributed by atoms with Gasteiger partial charge in [0.05, 0.1) is 12.5 Å². The van der Waals surface area contributed by atoms with Gasteiger partial charge >= 0.3 is 5.97 Å². The summed E-state index contributed by atoms with van der Waals surface area (Å²) < 4.78 is 10.9. The van der Waals surface area contributed by atoms with Crippen molar-refractivity contribution in [2.75, 3.05) is 18.1 Å². The van der Waals surface area contributed by atoms with Crippen molar-refractivity contribution < 1.29 is 18.7 Å². The molecule has 1 amide bonds. The van der Waals surface area contributed by atoms with Crippen molar-refractivity contribution in [3.63, 3.8) is 0 Å². The van der Waals surface area contributed by atoms with Gasteiger partial charge in [-0.05, 0) is 49.2 Å². The number of aromatic nitrogens is 1. The van der Waals surface area contributed by atoms with Crippen LogP contribution in [0.4, 0.5) is 5.69 Å². The third kappa shape index (κ3) is 3.38. The van der Waals surface area contributed by atoms with Crippen molar-refractivity contribution in [2.45, 2.75) is 26.7 Å². The molecular weight excluding hydrogens is 356 g/mol. The van der Waals surface area contributed by atoms with Crippen molar-refractivity contribution in [3.05, 3.63) is 48.0 Å². The van der Waals surface area contributed by atoms with E-state index in [0.29, 0.717) is 35.8 Å². The Bertz CT molecular complexity index is 1020. The zero-order valence-corrected chi connectivity index (χ0v) is 16.0. The number of aryl methyl sites for hydroxylation is 1. The molecule has 0 unspecified atom stereocenters. The first kappa shape index (κ1) is 18.2. The molecule has 6 heteroatoms. The average Bonchev–Trinajstić information content (AvgIpc) is 3.31. The number of carbonyl (C=O) groups excluding carboxylic acids is 2. The third-order valence-electron chi connectivity index (χ3n) is 5.04. The Balaban J connectivity index is 1.59. The second-order valence-electron chi connectivity index (χ2n) is 6.88. The van der Waals surface area contributed by atoms with Gasteiger partial charge in [-0.2, -0.15) is 0 Å². The van der Waals surface area contributed by atoms with E-state index in [1.165, 1.54) is 5.56 Å². The number of fused-ring (bicyclic) bond motifs is 1. The SMILES string of the molecule is CCOC(=O)[C@H]1CC(=O)N(c2ccc3oc(-c4ccc(CC)cc4)nc3c2)C1. The highest BCUT2D eigenvalue weighted by Gasteiger charge is 2.36. The second-order valence-corrected chi connectivity index (χ2v) is 6.88. The lowest BCUT2D eigenvalue weighted by molar-refractivity contribution is -0.147. The van der Waals surface area contributed by atoms with Crippen molar-refractivity contribution in [1.29, 1.82) is 0 Å². The molecule has 1 fully saturated rings. The van der Waals surface area contributed by atoms with Gasteiger partial charge < -0.3 is 14.1 Å². The minimum atomic E-state index is -0.423. The van der Waals surface area contributed by atoms with Gasteiger partial charge in [-0.3, -0.25) is 9.59 Å². The predicted octanol–water partition coefficient (Wildman–Crippen LogP) is 3.97. The van der Waals surface area contributed by atoms with Crippen LogP contribution in [-0.2, 0) is 20.7 Å². The van der Waals surface area contributed by atoms with Crippen LogP contribution in [0.5, 0.6) is 0 Å². The fourth-order valence-electron chi connectivity index (χ4n) is 3.47. The number of carbonyl (C=O) groups is 2. The zero-order valence-electron chi connectivity index (χ0n) is 16.0. The number of esters is 1. The smallest absolute Gasteiger partial charge is 0.311 e. The maximum absolute atomic E-state index is 12.4. The minimum Gasteiger partial charge on any atom is -0.466 e. The van der Waals surface area contributed by atoms with Gasteiger partial charge in [-0.25, -0.2) is 4.98 Å². The van der Waals surface area contributed by atoms with Crippen LogP contribution in [0.3, 0.4) is 0 Å². The molecule has 144 valence electrons. The number of amides is 1. The van der Waals surface area contributed by atoms with Gasteiger partial charge in [0.2, 0.25) is 11.8 Å². The molecule has 1 saturated heterocycles. The Kier molecular flexibility index (Phi) is 4.86.